The van der Waals surface area contributed by atoms with Crippen LogP contribution in [0.2, 0.25) is 5.02 Å². The quantitative estimate of drug-likeness (QED) is 0.527. The van der Waals surface area contributed by atoms with Gasteiger partial charge in [-0.25, -0.2) is 13.8 Å². The van der Waals surface area contributed by atoms with E-state index >= 15 is 0 Å². The number of thiazole rings is 1. The predicted molar refractivity (Wildman–Crippen MR) is 126 cm³/mol. The number of aliphatic imine (C=N–C) groups is 2. The Hall–Kier alpha value is -2.64. The molecule has 0 amide bonds. The highest BCUT2D eigenvalue weighted by Crippen LogP contribution is 2.46. The molecule has 0 saturated carbocycles. The Labute approximate surface area is 194 Å². The maximum Gasteiger partial charge on any atom is 0.165 e. The molecular weight excluding hydrogens is 450 g/mol. The first kappa shape index (κ1) is 21.2. The third-order valence-corrected chi connectivity index (χ3v) is 6.80. The molecule has 1 aromatic heterocycles. The SMILES string of the molecule is CC(F)/C=C1/C=C(C2=C3C[C@H](C)CN3C(c3nccs3)=N[C@H]2c2ccc(F)cc2Cl)C=N1. The van der Waals surface area contributed by atoms with Crippen molar-refractivity contribution in [1.82, 2.24) is 9.88 Å². The zero-order chi connectivity index (χ0) is 22.4. The van der Waals surface area contributed by atoms with Crippen molar-refractivity contribution in [3.05, 3.63) is 85.9 Å². The summed E-state index contributed by atoms with van der Waals surface area (Å²) >= 11 is 8.04. The Morgan fingerprint density at radius 1 is 1.34 bits per heavy atom. The van der Waals surface area contributed by atoms with Crippen LogP contribution in [0, 0.1) is 11.7 Å². The zero-order valence-electron chi connectivity index (χ0n) is 17.6. The second kappa shape index (κ2) is 8.37. The molecule has 8 heteroatoms. The normalized spacial score (nSPS) is 24.8. The smallest absolute Gasteiger partial charge is 0.165 e. The van der Waals surface area contributed by atoms with Crippen LogP contribution < -0.4 is 0 Å². The molecule has 3 aliphatic rings. The summed E-state index contributed by atoms with van der Waals surface area (Å²) in [5.74, 6) is 0.831. The van der Waals surface area contributed by atoms with E-state index in [1.807, 2.05) is 11.5 Å². The second-order valence-corrected chi connectivity index (χ2v) is 9.57. The second-order valence-electron chi connectivity index (χ2n) is 8.27. The molecule has 4 nitrogen and oxygen atoms in total. The van der Waals surface area contributed by atoms with Gasteiger partial charge >= 0.3 is 0 Å². The van der Waals surface area contributed by atoms with E-state index in [9.17, 15) is 8.78 Å². The summed E-state index contributed by atoms with van der Waals surface area (Å²) in [4.78, 5) is 16.2. The highest BCUT2D eigenvalue weighted by molar-refractivity contribution is 7.11. The number of nitrogens with zero attached hydrogens (tertiary/aromatic N) is 4. The lowest BCUT2D eigenvalue weighted by Crippen LogP contribution is -2.34. The van der Waals surface area contributed by atoms with Crippen molar-refractivity contribution in [2.24, 2.45) is 15.9 Å². The first-order chi connectivity index (χ1) is 15.4. The Morgan fingerprint density at radius 2 is 2.19 bits per heavy atom. The molecule has 3 aliphatic heterocycles. The molecule has 0 bridgehead atoms. The van der Waals surface area contributed by atoms with Gasteiger partial charge in [0.2, 0.25) is 0 Å². The van der Waals surface area contributed by atoms with Gasteiger partial charge in [0.25, 0.3) is 0 Å². The molecule has 1 aromatic carbocycles. The predicted octanol–water partition coefficient (Wildman–Crippen LogP) is 6.29. The number of rotatable bonds is 4. The maximum absolute atomic E-state index is 13.8. The lowest BCUT2D eigenvalue weighted by molar-refractivity contribution is 0.429. The van der Waals surface area contributed by atoms with E-state index < -0.39 is 18.0 Å². The van der Waals surface area contributed by atoms with Crippen LogP contribution >= 0.6 is 22.9 Å². The summed E-state index contributed by atoms with van der Waals surface area (Å²) in [7, 11) is 0. The average Bonchev–Trinajstić information content (AvgIpc) is 3.47. The number of halogens is 3. The standard InChI is InChI=1S/C24H21ClF2N4S/c1-13-7-20-21(15-9-17(29-11-15)8-14(2)26)22(18-4-3-16(27)10-19(18)25)30-23(31(20)12-13)24-28-5-6-32-24/h3-6,8-11,13-14,22H,7,12H2,1-2H3/b17-8-/t13-,14?,22-/m0/s1. The van der Waals surface area contributed by atoms with Crippen molar-refractivity contribution >= 4 is 35.0 Å². The molecule has 4 heterocycles. The molecular formula is C24H21ClF2N4S. The molecule has 164 valence electrons. The van der Waals surface area contributed by atoms with Crippen LogP contribution in [0.4, 0.5) is 8.78 Å². The molecule has 0 radical (unpaired) electrons. The van der Waals surface area contributed by atoms with Crippen molar-refractivity contribution in [2.75, 3.05) is 6.54 Å². The molecule has 32 heavy (non-hydrogen) atoms. The third kappa shape index (κ3) is 3.84. The number of benzene rings is 1. The number of aromatic nitrogens is 1. The van der Waals surface area contributed by atoms with Crippen LogP contribution in [0.5, 0.6) is 0 Å². The molecule has 1 unspecified atom stereocenters. The highest BCUT2D eigenvalue weighted by atomic mass is 35.5. The fraction of sp³-hybridized carbons (Fsp3) is 0.292. The van der Waals surface area contributed by atoms with Crippen LogP contribution in [0.3, 0.4) is 0 Å². The molecule has 0 N–H and O–H groups in total. The van der Waals surface area contributed by atoms with E-state index in [1.54, 1.807) is 18.5 Å². The summed E-state index contributed by atoms with van der Waals surface area (Å²) < 4.78 is 27.4. The van der Waals surface area contributed by atoms with E-state index in [0.717, 1.165) is 46.2 Å². The number of fused-ring (bicyclic) bond motifs is 1. The molecule has 0 aliphatic carbocycles. The van der Waals surface area contributed by atoms with E-state index in [1.165, 1.54) is 36.5 Å². The Kier molecular flexibility index (Phi) is 5.55. The van der Waals surface area contributed by atoms with E-state index in [-0.39, 0.29) is 0 Å². The van der Waals surface area contributed by atoms with Gasteiger partial charge < -0.3 is 4.90 Å². The van der Waals surface area contributed by atoms with Crippen LogP contribution in [0.1, 0.15) is 36.9 Å². The minimum atomic E-state index is -1.10. The van der Waals surface area contributed by atoms with Gasteiger partial charge in [0.1, 0.15) is 18.0 Å². The fourth-order valence-corrected chi connectivity index (χ4v) is 5.35. The van der Waals surface area contributed by atoms with Gasteiger partial charge in [-0.3, -0.25) is 9.98 Å². The van der Waals surface area contributed by atoms with Crippen LogP contribution in [0.15, 0.2) is 74.5 Å². The number of amidine groups is 1. The Morgan fingerprint density at radius 3 is 2.91 bits per heavy atom. The van der Waals surface area contributed by atoms with E-state index in [4.69, 9.17) is 16.6 Å². The van der Waals surface area contributed by atoms with Gasteiger partial charge in [-0.2, -0.15) is 0 Å². The fourth-order valence-electron chi connectivity index (χ4n) is 4.44. The van der Waals surface area contributed by atoms with Gasteiger partial charge in [0.15, 0.2) is 10.8 Å². The average molecular weight is 471 g/mol. The number of hydrogen-bond donors (Lipinski definition) is 0. The highest BCUT2D eigenvalue weighted by Gasteiger charge is 2.39. The summed E-state index contributed by atoms with van der Waals surface area (Å²) in [5, 5.41) is 3.08. The van der Waals surface area contributed by atoms with Crippen LogP contribution in [-0.2, 0) is 0 Å². The molecule has 1 saturated heterocycles. The Balaban J connectivity index is 1.71. The summed E-state index contributed by atoms with van der Waals surface area (Å²) in [6.07, 6.45) is 6.65. The summed E-state index contributed by atoms with van der Waals surface area (Å²) in [6, 6.07) is 3.96. The van der Waals surface area contributed by atoms with Crippen molar-refractivity contribution in [2.45, 2.75) is 32.5 Å². The van der Waals surface area contributed by atoms with Gasteiger partial charge in [0, 0.05) is 46.2 Å². The molecule has 3 atom stereocenters. The van der Waals surface area contributed by atoms with E-state index in [2.05, 4.69) is 21.8 Å². The van der Waals surface area contributed by atoms with Crippen molar-refractivity contribution in [1.29, 1.82) is 0 Å². The van der Waals surface area contributed by atoms with Crippen LogP contribution in [-0.4, -0.2) is 34.7 Å². The minimum absolute atomic E-state index is 0.318. The lowest BCUT2D eigenvalue weighted by Gasteiger charge is -2.33. The zero-order valence-corrected chi connectivity index (χ0v) is 19.2. The molecule has 0 spiro atoms. The number of allylic oxidation sites excluding steroid dienone is 3. The largest absolute Gasteiger partial charge is 0.327 e. The number of hydrogen-bond acceptors (Lipinski definition) is 5. The third-order valence-electron chi connectivity index (χ3n) is 5.70. The number of alkyl halides is 1. The molecule has 1 fully saturated rings. The monoisotopic (exact) mass is 470 g/mol. The van der Waals surface area contributed by atoms with Crippen molar-refractivity contribution in [3.8, 4) is 0 Å². The first-order valence-corrected chi connectivity index (χ1v) is 11.7. The Bertz CT molecular complexity index is 1210. The van der Waals surface area contributed by atoms with Crippen LogP contribution in [0.25, 0.3) is 0 Å². The van der Waals surface area contributed by atoms with Crippen molar-refractivity contribution in [3.63, 3.8) is 0 Å². The minimum Gasteiger partial charge on any atom is -0.327 e. The van der Waals surface area contributed by atoms with Crippen molar-refractivity contribution < 1.29 is 8.78 Å². The van der Waals surface area contributed by atoms with Gasteiger partial charge in [-0.15, -0.1) is 11.3 Å². The van der Waals surface area contributed by atoms with Gasteiger partial charge in [0.05, 0.1) is 5.70 Å². The summed E-state index contributed by atoms with van der Waals surface area (Å²) in [5.41, 5.74) is 4.28. The first-order valence-electron chi connectivity index (χ1n) is 10.5. The molecule has 2 aromatic rings. The topological polar surface area (TPSA) is 40.9 Å². The summed E-state index contributed by atoms with van der Waals surface area (Å²) in [6.45, 7) is 4.51. The molecule has 5 rings (SSSR count). The van der Waals surface area contributed by atoms with E-state index in [0.29, 0.717) is 16.6 Å². The lowest BCUT2D eigenvalue weighted by atomic mass is 9.89. The van der Waals surface area contributed by atoms with Gasteiger partial charge in [-0.1, -0.05) is 24.6 Å². The van der Waals surface area contributed by atoms with Gasteiger partial charge in [-0.05, 0) is 49.1 Å². The maximum atomic E-state index is 13.8.